The van der Waals surface area contributed by atoms with E-state index in [1.807, 2.05) is 0 Å². The summed E-state index contributed by atoms with van der Waals surface area (Å²) in [5.41, 5.74) is 16.4. The van der Waals surface area contributed by atoms with Crippen molar-refractivity contribution >= 4 is 39.9 Å². The Morgan fingerprint density at radius 3 is 2.69 bits per heavy atom. The molecule has 0 N–H and O–H groups in total. The molecule has 8 nitrogen and oxygen atoms in total. The minimum Gasteiger partial charge on any atom is -0.346 e. The van der Waals surface area contributed by atoms with Crippen LogP contribution in [-0.4, -0.2) is 8.27 Å². The van der Waals surface area contributed by atoms with Crippen molar-refractivity contribution in [3.05, 3.63) is 16.0 Å². The van der Waals surface area contributed by atoms with Crippen LogP contribution in [0.25, 0.3) is 16.0 Å². The molecule has 0 saturated carbocycles. The molecule has 13 heavy (non-hydrogen) atoms. The summed E-state index contributed by atoms with van der Waals surface area (Å²) in [6, 6.07) is 0. The number of carbonyl (C=O) groups is 1. The Morgan fingerprint density at radius 1 is 1.77 bits per heavy atom. The van der Waals surface area contributed by atoms with Crippen molar-refractivity contribution in [1.82, 2.24) is 7.98 Å². The van der Waals surface area contributed by atoms with Crippen LogP contribution in [0.15, 0.2) is 5.22 Å². The van der Waals surface area contributed by atoms with E-state index in [4.69, 9.17) is 16.3 Å². The van der Waals surface area contributed by atoms with Gasteiger partial charge in [0, 0.05) is 5.22 Å². The Morgan fingerprint density at radius 2 is 2.38 bits per heavy atom. The maximum absolute atomic E-state index is 10.6. The standard InChI is InChI=1S/C2HN7OS3/c3-1-12-9(8-6-4)13(7-5)2(10)11/h(H,10,11). The molecule has 0 saturated heterocycles. The highest BCUT2D eigenvalue weighted by atomic mass is 32.3. The second-order valence-electron chi connectivity index (χ2n) is 1.21. The van der Waals surface area contributed by atoms with E-state index in [2.05, 4.69) is 26.9 Å². The first kappa shape index (κ1) is 11.8. The zero-order valence-electron chi connectivity index (χ0n) is 5.80. The van der Waals surface area contributed by atoms with E-state index in [1.54, 1.807) is 5.40 Å². The van der Waals surface area contributed by atoms with Gasteiger partial charge in [0.2, 0.25) is 11.9 Å². The van der Waals surface area contributed by atoms with Crippen molar-refractivity contribution in [2.75, 3.05) is 0 Å². The molecule has 0 aromatic carbocycles. The van der Waals surface area contributed by atoms with E-state index < -0.39 is 15.3 Å². The smallest absolute Gasteiger partial charge is 0.346 e. The van der Waals surface area contributed by atoms with Crippen molar-refractivity contribution < 1.29 is 4.79 Å². The number of thiol groups is 1. The molecule has 0 spiro atoms. The van der Waals surface area contributed by atoms with Crippen LogP contribution >= 0.6 is 24.6 Å². The third-order valence-corrected chi connectivity index (χ3v) is 2.90. The molecule has 0 heterocycles. The van der Waals surface area contributed by atoms with Crippen LogP contribution in [0.2, 0.25) is 0 Å². The molecule has 0 rings (SSSR count). The molecule has 0 aliphatic carbocycles. The lowest BCUT2D eigenvalue weighted by atomic mass is 11.8. The number of hydrogen-bond donors (Lipinski definition) is 1. The van der Waals surface area contributed by atoms with Crippen LogP contribution in [-0.2, 0) is 10.9 Å². The van der Waals surface area contributed by atoms with Crippen LogP contribution in [0.4, 0.5) is 4.79 Å². The predicted octanol–water partition coefficient (Wildman–Crippen LogP) is 1.50. The van der Waals surface area contributed by atoms with Crippen LogP contribution in [0, 0.1) is 10.7 Å². The Kier molecular flexibility index (Phi) is 5.79. The normalized spacial score (nSPS) is 10.2. The van der Waals surface area contributed by atoms with Gasteiger partial charge >= 0.3 is 15.3 Å². The summed E-state index contributed by atoms with van der Waals surface area (Å²) in [5.74, 6) is 0. The molecule has 0 aliphatic heterocycles. The van der Waals surface area contributed by atoms with E-state index in [-0.39, 0.29) is 0 Å². The quantitative estimate of drug-likeness (QED) is 0.151. The van der Waals surface area contributed by atoms with Crippen LogP contribution in [0.3, 0.4) is 0 Å². The zero-order chi connectivity index (χ0) is 10.3. The maximum Gasteiger partial charge on any atom is 0.439 e. The second kappa shape index (κ2) is 6.36. The first-order chi connectivity index (χ1) is 6.17. The summed E-state index contributed by atoms with van der Waals surface area (Å²) in [6.45, 7) is 0. The van der Waals surface area contributed by atoms with Gasteiger partial charge in [0.1, 0.15) is 0 Å². The lowest BCUT2D eigenvalue weighted by Gasteiger charge is -1.96. The van der Waals surface area contributed by atoms with Crippen molar-refractivity contribution in [2.45, 2.75) is 0 Å². The maximum atomic E-state index is 10.6. The predicted molar refractivity (Wildman–Crippen MR) is 51.4 cm³/mol. The monoisotopic (exact) mass is 235 g/mol. The number of carbonyl (C=O) groups excluding carboxylic acids is 1. The molecule has 0 aliphatic rings. The summed E-state index contributed by atoms with van der Waals surface area (Å²) in [4.78, 5) is 13.0. The number of nitrogens with zero attached hydrogens (tertiary/aromatic N) is 7. The van der Waals surface area contributed by atoms with Gasteiger partial charge < -0.3 is 5.53 Å². The third-order valence-electron chi connectivity index (χ3n) is 0.613. The number of azide groups is 1. The Bertz CT molecular complexity index is 345. The fourth-order valence-corrected chi connectivity index (χ4v) is 1.98. The zero-order valence-corrected chi connectivity index (χ0v) is 8.33. The minimum atomic E-state index is -1.76. The van der Waals surface area contributed by atoms with Gasteiger partial charge in [-0.05, 0) is 3.82 Å². The molecule has 0 fully saturated rings. The molecular weight excluding hydrogens is 234 g/mol. The van der Waals surface area contributed by atoms with Gasteiger partial charge in [-0.1, -0.05) is 16.8 Å². The van der Waals surface area contributed by atoms with Gasteiger partial charge in [0.05, 0.1) is 0 Å². The molecule has 0 bridgehead atoms. The molecular formula is C2HN7OS3. The Labute approximate surface area is 84.8 Å². The second-order valence-corrected chi connectivity index (χ2v) is 4.27. The van der Waals surface area contributed by atoms with Crippen molar-refractivity contribution in [3.63, 3.8) is 0 Å². The Hall–Kier alpha value is -1.17. The largest absolute Gasteiger partial charge is 0.439 e. The van der Waals surface area contributed by atoms with Gasteiger partial charge in [-0.15, -0.1) is 5.53 Å². The number of rotatable bonds is 3. The summed E-state index contributed by atoms with van der Waals surface area (Å²) < 4.78 is 2.40. The van der Waals surface area contributed by atoms with E-state index in [1.165, 1.54) is 0 Å². The number of nitriles is 1. The topological polar surface area (TPSA) is 129 Å². The van der Waals surface area contributed by atoms with E-state index in [0.29, 0.717) is 15.8 Å². The van der Waals surface area contributed by atoms with Gasteiger partial charge in [0.25, 0.3) is 0 Å². The lowest BCUT2D eigenvalue weighted by molar-refractivity contribution is 0.276. The van der Waals surface area contributed by atoms with Gasteiger partial charge in [-0.2, -0.15) is 10.2 Å². The summed E-state index contributed by atoms with van der Waals surface area (Å²) >= 11 is 3.74. The average Bonchev–Trinajstić information content (AvgIpc) is 2.05. The van der Waals surface area contributed by atoms with E-state index in [0.717, 1.165) is 0 Å². The lowest BCUT2D eigenvalue weighted by Crippen LogP contribution is -2.16. The highest BCUT2D eigenvalue weighted by Crippen LogP contribution is 2.14. The summed E-state index contributed by atoms with van der Waals surface area (Å²) in [6.07, 6.45) is 0. The molecule has 1 atom stereocenters. The van der Waals surface area contributed by atoms with Crippen molar-refractivity contribution in [3.8, 4) is 5.40 Å². The fourth-order valence-electron chi connectivity index (χ4n) is 0.289. The van der Waals surface area contributed by atoms with Crippen LogP contribution in [0.1, 0.15) is 0 Å². The van der Waals surface area contributed by atoms with E-state index in [9.17, 15) is 4.79 Å². The number of hydrogen-bond acceptors (Lipinski definition) is 4. The average molecular weight is 235 g/mol. The van der Waals surface area contributed by atoms with Gasteiger partial charge in [-0.3, -0.25) is 4.79 Å². The molecule has 11 heteroatoms. The number of thiocyanates is 1. The molecule has 1 unspecified atom stereocenters. The summed E-state index contributed by atoms with van der Waals surface area (Å²) in [5, 5.41) is 12.7. The Balaban J connectivity index is 4.93. The van der Waals surface area contributed by atoms with Crippen LogP contribution in [0.5, 0.6) is 0 Å². The third kappa shape index (κ3) is 3.84. The molecule has 0 amide bonds. The minimum absolute atomic E-state index is 0.369. The molecule has 0 aromatic rings. The van der Waals surface area contributed by atoms with Crippen LogP contribution < -0.4 is 4.16 Å². The first-order valence-corrected chi connectivity index (χ1v) is 4.77. The van der Waals surface area contributed by atoms with Crippen molar-refractivity contribution in [2.24, 2.45) is 5.22 Å². The fraction of sp³-hybridized carbons (Fsp3) is 0. The molecule has 68 valence electrons. The van der Waals surface area contributed by atoms with E-state index >= 15 is 0 Å². The summed E-state index contributed by atoms with van der Waals surface area (Å²) in [7, 11) is -1.76. The molecule has 0 aromatic heterocycles. The van der Waals surface area contributed by atoms with Gasteiger partial charge in [-0.25, -0.2) is 0 Å². The van der Waals surface area contributed by atoms with Crippen molar-refractivity contribution in [1.29, 1.82) is 5.26 Å². The first-order valence-electron chi connectivity index (χ1n) is 2.41. The highest BCUT2D eigenvalue weighted by Gasteiger charge is 2.28. The van der Waals surface area contributed by atoms with Gasteiger partial charge in [0.15, 0.2) is 5.40 Å². The SMILES string of the molecule is N#CSN(N=[N+]=[N-])S(=[N+]=[N-])C(=O)S. The molecule has 0 radical (unpaired) electrons. The highest BCUT2D eigenvalue weighted by molar-refractivity contribution is 8.28.